The van der Waals surface area contributed by atoms with Gasteiger partial charge in [-0.15, -0.1) is 0 Å². The summed E-state index contributed by atoms with van der Waals surface area (Å²) in [7, 11) is 2.97. The van der Waals surface area contributed by atoms with Crippen LogP contribution in [0.1, 0.15) is 18.9 Å². The van der Waals surface area contributed by atoms with E-state index >= 15 is 0 Å². The van der Waals surface area contributed by atoms with Crippen molar-refractivity contribution in [2.45, 2.75) is 26.3 Å². The minimum atomic E-state index is -1.03. The number of aliphatic carboxylic acids is 1. The predicted octanol–water partition coefficient (Wildman–Crippen LogP) is 2.33. The molecule has 2 N–H and O–H groups in total. The maximum absolute atomic E-state index is 12.1. The summed E-state index contributed by atoms with van der Waals surface area (Å²) >= 11 is 0. The van der Waals surface area contributed by atoms with Crippen LogP contribution >= 0.6 is 0 Å². The van der Waals surface area contributed by atoms with E-state index in [0.29, 0.717) is 17.9 Å². The van der Waals surface area contributed by atoms with Gasteiger partial charge in [0.25, 0.3) is 0 Å². The van der Waals surface area contributed by atoms with E-state index in [-0.39, 0.29) is 0 Å². The first-order valence-electron chi connectivity index (χ1n) is 6.32. The van der Waals surface area contributed by atoms with Gasteiger partial charge in [-0.05, 0) is 31.0 Å². The van der Waals surface area contributed by atoms with Crippen molar-refractivity contribution >= 4 is 17.7 Å². The molecule has 110 valence electrons. The Labute approximate surface area is 118 Å². The molecule has 0 fully saturated rings. The summed E-state index contributed by atoms with van der Waals surface area (Å²) in [4.78, 5) is 24.3. The van der Waals surface area contributed by atoms with Crippen molar-refractivity contribution in [1.29, 1.82) is 0 Å². The van der Waals surface area contributed by atoms with Gasteiger partial charge in [0, 0.05) is 7.05 Å². The molecule has 0 saturated carbocycles. The lowest BCUT2D eigenvalue weighted by molar-refractivity contribution is -0.141. The monoisotopic (exact) mass is 280 g/mol. The van der Waals surface area contributed by atoms with Gasteiger partial charge in [-0.2, -0.15) is 0 Å². The van der Waals surface area contributed by atoms with E-state index in [0.717, 1.165) is 5.56 Å². The molecular formula is C14H20N2O4. The second-order valence-corrected chi connectivity index (χ2v) is 4.51. The van der Waals surface area contributed by atoms with Crippen LogP contribution in [0.25, 0.3) is 0 Å². The van der Waals surface area contributed by atoms with Crippen LogP contribution in [-0.4, -0.2) is 42.2 Å². The minimum absolute atomic E-state index is 0.338. The maximum Gasteiger partial charge on any atom is 0.326 e. The molecule has 6 heteroatoms. The van der Waals surface area contributed by atoms with E-state index < -0.39 is 18.0 Å². The molecule has 1 rings (SSSR count). The average molecular weight is 280 g/mol. The number of nitrogens with one attached hydrogen (secondary N) is 1. The SMILES string of the molecule is CCC(C(=O)O)N(C)C(=O)Nc1cc(C)ccc1OC. The molecular weight excluding hydrogens is 260 g/mol. The van der Waals surface area contributed by atoms with Crippen LogP contribution in [0.4, 0.5) is 10.5 Å². The van der Waals surface area contributed by atoms with Gasteiger partial charge >= 0.3 is 12.0 Å². The number of carbonyl (C=O) groups excluding carboxylic acids is 1. The molecule has 6 nitrogen and oxygen atoms in total. The summed E-state index contributed by atoms with van der Waals surface area (Å²) in [6.45, 7) is 3.61. The Hall–Kier alpha value is -2.24. The van der Waals surface area contributed by atoms with Gasteiger partial charge in [-0.1, -0.05) is 13.0 Å². The Morgan fingerprint density at radius 3 is 2.60 bits per heavy atom. The molecule has 0 aliphatic carbocycles. The molecule has 1 aromatic carbocycles. The quantitative estimate of drug-likeness (QED) is 0.867. The molecule has 1 atom stereocenters. The van der Waals surface area contributed by atoms with Gasteiger partial charge in [-0.3, -0.25) is 0 Å². The van der Waals surface area contributed by atoms with Gasteiger partial charge in [0.05, 0.1) is 12.8 Å². The fourth-order valence-corrected chi connectivity index (χ4v) is 1.88. The zero-order valence-electron chi connectivity index (χ0n) is 12.1. The zero-order valence-corrected chi connectivity index (χ0v) is 12.1. The number of carboxylic acids is 1. The molecule has 1 aromatic rings. The topological polar surface area (TPSA) is 78.9 Å². The smallest absolute Gasteiger partial charge is 0.326 e. The van der Waals surface area contributed by atoms with E-state index in [4.69, 9.17) is 9.84 Å². The molecule has 2 amide bonds. The molecule has 1 unspecified atom stereocenters. The molecule has 0 aliphatic rings. The summed E-state index contributed by atoms with van der Waals surface area (Å²) in [6, 6.07) is 4.05. The standard InChI is InChI=1S/C14H20N2O4/c1-5-11(13(17)18)16(3)14(19)15-10-8-9(2)6-7-12(10)20-4/h6-8,11H,5H2,1-4H3,(H,15,19)(H,17,18). The first-order chi connectivity index (χ1) is 9.40. The molecule has 0 heterocycles. The summed E-state index contributed by atoms with van der Waals surface area (Å²) in [5, 5.41) is 11.7. The van der Waals surface area contributed by atoms with Gasteiger partial charge in [-0.25, -0.2) is 9.59 Å². The summed E-state index contributed by atoms with van der Waals surface area (Å²) < 4.78 is 5.17. The highest BCUT2D eigenvalue weighted by Crippen LogP contribution is 2.25. The van der Waals surface area contributed by atoms with E-state index in [1.807, 2.05) is 13.0 Å². The molecule has 0 aliphatic heterocycles. The molecule has 0 spiro atoms. The van der Waals surface area contributed by atoms with Crippen LogP contribution in [0, 0.1) is 6.92 Å². The largest absolute Gasteiger partial charge is 0.495 e. The summed E-state index contributed by atoms with van der Waals surface area (Å²) in [5.74, 6) is -0.498. The summed E-state index contributed by atoms with van der Waals surface area (Å²) in [6.07, 6.45) is 0.338. The fourth-order valence-electron chi connectivity index (χ4n) is 1.88. The van der Waals surface area contributed by atoms with Crippen molar-refractivity contribution < 1.29 is 19.4 Å². The number of carboxylic acid groups (broad SMARTS) is 1. The number of anilines is 1. The van der Waals surface area contributed by atoms with Crippen LogP contribution in [-0.2, 0) is 4.79 Å². The minimum Gasteiger partial charge on any atom is -0.495 e. The molecule has 0 bridgehead atoms. The third kappa shape index (κ3) is 3.63. The number of carbonyl (C=O) groups is 2. The van der Waals surface area contributed by atoms with E-state index in [1.54, 1.807) is 19.1 Å². The number of hydrogen-bond acceptors (Lipinski definition) is 3. The number of methoxy groups -OCH3 is 1. The van der Waals surface area contributed by atoms with Crippen LogP contribution < -0.4 is 10.1 Å². The molecule has 0 radical (unpaired) electrons. The van der Waals surface area contributed by atoms with Gasteiger partial charge in [0.2, 0.25) is 0 Å². The number of aryl methyl sites for hydroxylation is 1. The highest BCUT2D eigenvalue weighted by Gasteiger charge is 2.25. The first-order valence-corrected chi connectivity index (χ1v) is 6.32. The van der Waals surface area contributed by atoms with Crippen molar-refractivity contribution in [3.8, 4) is 5.75 Å². The number of likely N-dealkylation sites (N-methyl/N-ethyl adjacent to an activating group) is 1. The lowest BCUT2D eigenvalue weighted by Crippen LogP contribution is -2.44. The van der Waals surface area contributed by atoms with E-state index in [9.17, 15) is 9.59 Å². The Bertz CT molecular complexity index is 502. The number of ether oxygens (including phenoxy) is 1. The fraction of sp³-hybridized carbons (Fsp3) is 0.429. The van der Waals surface area contributed by atoms with Crippen molar-refractivity contribution in [2.24, 2.45) is 0 Å². The zero-order chi connectivity index (χ0) is 15.3. The number of nitrogens with zero attached hydrogens (tertiary/aromatic N) is 1. The first kappa shape index (κ1) is 15.8. The Kier molecular flexibility index (Phi) is 5.37. The molecule has 0 aromatic heterocycles. The number of urea groups is 1. The number of rotatable bonds is 5. The van der Waals surface area contributed by atoms with Gasteiger partial charge in [0.1, 0.15) is 11.8 Å². The van der Waals surface area contributed by atoms with Crippen LogP contribution in [0.5, 0.6) is 5.75 Å². The predicted molar refractivity (Wildman–Crippen MR) is 76.2 cm³/mol. The average Bonchev–Trinajstić information content (AvgIpc) is 2.39. The lowest BCUT2D eigenvalue weighted by atomic mass is 10.2. The second kappa shape index (κ2) is 6.79. The Balaban J connectivity index is 2.90. The third-order valence-corrected chi connectivity index (χ3v) is 3.06. The molecule has 0 saturated heterocycles. The van der Waals surface area contributed by atoms with Crippen molar-refractivity contribution in [3.05, 3.63) is 23.8 Å². The van der Waals surface area contributed by atoms with Crippen LogP contribution in [0.3, 0.4) is 0 Å². The maximum atomic E-state index is 12.1. The molecule has 20 heavy (non-hydrogen) atoms. The highest BCUT2D eigenvalue weighted by atomic mass is 16.5. The number of amides is 2. The Morgan fingerprint density at radius 1 is 1.45 bits per heavy atom. The number of hydrogen-bond donors (Lipinski definition) is 2. The van der Waals surface area contributed by atoms with E-state index in [2.05, 4.69) is 5.32 Å². The van der Waals surface area contributed by atoms with Crippen molar-refractivity contribution in [3.63, 3.8) is 0 Å². The second-order valence-electron chi connectivity index (χ2n) is 4.51. The van der Waals surface area contributed by atoms with Crippen molar-refractivity contribution in [2.75, 3.05) is 19.5 Å². The highest BCUT2D eigenvalue weighted by molar-refractivity contribution is 5.93. The van der Waals surface area contributed by atoms with Gasteiger partial charge < -0.3 is 20.1 Å². The number of benzene rings is 1. The van der Waals surface area contributed by atoms with Crippen LogP contribution in [0.2, 0.25) is 0 Å². The normalized spacial score (nSPS) is 11.6. The lowest BCUT2D eigenvalue weighted by Gasteiger charge is -2.24. The van der Waals surface area contributed by atoms with Crippen molar-refractivity contribution in [1.82, 2.24) is 4.90 Å². The van der Waals surface area contributed by atoms with Crippen LogP contribution in [0.15, 0.2) is 18.2 Å². The Morgan fingerprint density at radius 2 is 2.10 bits per heavy atom. The third-order valence-electron chi connectivity index (χ3n) is 3.06. The van der Waals surface area contributed by atoms with E-state index in [1.165, 1.54) is 19.1 Å². The summed E-state index contributed by atoms with van der Waals surface area (Å²) in [5.41, 5.74) is 1.48. The van der Waals surface area contributed by atoms with Gasteiger partial charge in [0.15, 0.2) is 0 Å².